The van der Waals surface area contributed by atoms with Crippen molar-refractivity contribution in [3.63, 3.8) is 0 Å². The Labute approximate surface area is 101 Å². The second-order valence-electron chi connectivity index (χ2n) is 4.73. The number of hydrogen-bond donors (Lipinski definition) is 1. The lowest BCUT2D eigenvalue weighted by Crippen LogP contribution is -2.43. The van der Waals surface area contributed by atoms with Crippen molar-refractivity contribution in [1.82, 2.24) is 4.98 Å². The molecule has 0 radical (unpaired) electrons. The number of anilines is 1. The van der Waals surface area contributed by atoms with E-state index in [1.807, 2.05) is 0 Å². The van der Waals surface area contributed by atoms with Crippen molar-refractivity contribution >= 4 is 11.8 Å². The van der Waals surface area contributed by atoms with Gasteiger partial charge in [-0.05, 0) is 37.8 Å². The van der Waals surface area contributed by atoms with Crippen molar-refractivity contribution in [1.29, 1.82) is 0 Å². The average molecular weight is 234 g/mol. The highest BCUT2D eigenvalue weighted by molar-refractivity contribution is 5.93. The van der Waals surface area contributed by atoms with E-state index in [1.165, 1.54) is 6.42 Å². The van der Waals surface area contributed by atoms with E-state index in [0.29, 0.717) is 23.3 Å². The summed E-state index contributed by atoms with van der Waals surface area (Å²) in [6.45, 7) is 5.24. The maximum absolute atomic E-state index is 11.2. The summed E-state index contributed by atoms with van der Waals surface area (Å²) >= 11 is 0. The van der Waals surface area contributed by atoms with Gasteiger partial charge in [0.25, 0.3) is 0 Å². The molecule has 0 saturated carbocycles. The Kier molecular flexibility index (Phi) is 3.31. The van der Waals surface area contributed by atoms with E-state index in [0.717, 1.165) is 13.0 Å². The van der Waals surface area contributed by atoms with Crippen molar-refractivity contribution in [3.8, 4) is 0 Å². The van der Waals surface area contributed by atoms with Crippen LogP contribution in [-0.4, -0.2) is 28.6 Å². The SMILES string of the molecule is CC1CCCN(c2ncccc2C(=O)O)C1C. The number of carboxylic acids is 1. The lowest BCUT2D eigenvalue weighted by atomic mass is 9.92. The Balaban J connectivity index is 2.36. The summed E-state index contributed by atoms with van der Waals surface area (Å²) in [5, 5.41) is 9.18. The molecule has 2 atom stereocenters. The highest BCUT2D eigenvalue weighted by Gasteiger charge is 2.28. The summed E-state index contributed by atoms with van der Waals surface area (Å²) in [6.07, 6.45) is 3.96. The molecule has 2 rings (SSSR count). The highest BCUT2D eigenvalue weighted by atomic mass is 16.4. The predicted octanol–water partition coefficient (Wildman–Crippen LogP) is 2.40. The van der Waals surface area contributed by atoms with Gasteiger partial charge in [-0.1, -0.05) is 6.92 Å². The molecule has 4 heteroatoms. The van der Waals surface area contributed by atoms with Crippen LogP contribution in [0.1, 0.15) is 37.0 Å². The second-order valence-corrected chi connectivity index (χ2v) is 4.73. The van der Waals surface area contributed by atoms with Gasteiger partial charge in [0.05, 0.1) is 0 Å². The Bertz CT molecular complexity index is 420. The summed E-state index contributed by atoms with van der Waals surface area (Å²) in [6, 6.07) is 3.64. The minimum Gasteiger partial charge on any atom is -0.478 e. The molecular weight excluding hydrogens is 216 g/mol. The molecule has 0 bridgehead atoms. The van der Waals surface area contributed by atoms with E-state index >= 15 is 0 Å². The molecule has 0 spiro atoms. The first-order chi connectivity index (χ1) is 8.11. The van der Waals surface area contributed by atoms with Crippen LogP contribution in [0.2, 0.25) is 0 Å². The van der Waals surface area contributed by atoms with Gasteiger partial charge in [0.1, 0.15) is 11.4 Å². The number of hydrogen-bond acceptors (Lipinski definition) is 3. The highest BCUT2D eigenvalue weighted by Crippen LogP contribution is 2.29. The summed E-state index contributed by atoms with van der Waals surface area (Å²) in [5.41, 5.74) is 0.299. The molecule has 1 aromatic rings. The van der Waals surface area contributed by atoms with Crippen LogP contribution in [-0.2, 0) is 0 Å². The fourth-order valence-corrected chi connectivity index (χ4v) is 2.43. The largest absolute Gasteiger partial charge is 0.478 e. The molecule has 1 aromatic heterocycles. The second kappa shape index (κ2) is 4.73. The minimum atomic E-state index is -0.904. The van der Waals surface area contributed by atoms with Gasteiger partial charge in [-0.25, -0.2) is 9.78 Å². The third kappa shape index (κ3) is 2.25. The summed E-state index contributed by atoms with van der Waals surface area (Å²) in [5.74, 6) is 0.282. The van der Waals surface area contributed by atoms with E-state index in [9.17, 15) is 9.90 Å². The molecule has 4 nitrogen and oxygen atoms in total. The van der Waals surface area contributed by atoms with Gasteiger partial charge in [-0.2, -0.15) is 0 Å². The summed E-state index contributed by atoms with van der Waals surface area (Å²) in [4.78, 5) is 17.6. The monoisotopic (exact) mass is 234 g/mol. The fraction of sp³-hybridized carbons (Fsp3) is 0.538. The van der Waals surface area contributed by atoms with Crippen molar-refractivity contribution in [3.05, 3.63) is 23.9 Å². The zero-order valence-corrected chi connectivity index (χ0v) is 10.3. The Morgan fingerprint density at radius 3 is 3.00 bits per heavy atom. The van der Waals surface area contributed by atoms with E-state index in [1.54, 1.807) is 18.3 Å². The molecule has 1 fully saturated rings. The lowest BCUT2D eigenvalue weighted by Gasteiger charge is -2.39. The molecule has 0 aliphatic carbocycles. The van der Waals surface area contributed by atoms with E-state index in [4.69, 9.17) is 0 Å². The van der Waals surface area contributed by atoms with Gasteiger partial charge >= 0.3 is 5.97 Å². The zero-order chi connectivity index (χ0) is 12.4. The molecule has 1 saturated heterocycles. The minimum absolute atomic E-state index is 0.299. The maximum atomic E-state index is 11.2. The topological polar surface area (TPSA) is 53.4 Å². The van der Waals surface area contributed by atoms with Crippen LogP contribution in [0.15, 0.2) is 18.3 Å². The normalized spacial score (nSPS) is 24.7. The predicted molar refractivity (Wildman–Crippen MR) is 66.4 cm³/mol. The molecule has 1 aliphatic heterocycles. The molecular formula is C13H18N2O2. The first-order valence-electron chi connectivity index (χ1n) is 6.06. The third-order valence-corrected chi connectivity index (χ3v) is 3.66. The lowest BCUT2D eigenvalue weighted by molar-refractivity contribution is 0.0697. The zero-order valence-electron chi connectivity index (χ0n) is 10.3. The number of carboxylic acid groups (broad SMARTS) is 1. The van der Waals surface area contributed by atoms with Crippen LogP contribution in [0.25, 0.3) is 0 Å². The number of nitrogens with zero attached hydrogens (tertiary/aromatic N) is 2. The van der Waals surface area contributed by atoms with Gasteiger partial charge < -0.3 is 10.0 Å². The molecule has 0 amide bonds. The van der Waals surface area contributed by atoms with E-state index < -0.39 is 5.97 Å². The third-order valence-electron chi connectivity index (χ3n) is 3.66. The number of rotatable bonds is 2. The smallest absolute Gasteiger partial charge is 0.339 e. The Hall–Kier alpha value is -1.58. The van der Waals surface area contributed by atoms with Crippen LogP contribution in [0.3, 0.4) is 0 Å². The van der Waals surface area contributed by atoms with Crippen molar-refractivity contribution < 1.29 is 9.90 Å². The van der Waals surface area contributed by atoms with Gasteiger partial charge in [-0.15, -0.1) is 0 Å². The molecule has 1 aliphatic rings. The molecule has 17 heavy (non-hydrogen) atoms. The molecule has 0 aromatic carbocycles. The van der Waals surface area contributed by atoms with Crippen molar-refractivity contribution in [2.45, 2.75) is 32.7 Å². The number of aromatic carboxylic acids is 1. The Morgan fingerprint density at radius 2 is 2.29 bits per heavy atom. The van der Waals surface area contributed by atoms with Crippen molar-refractivity contribution in [2.24, 2.45) is 5.92 Å². The quantitative estimate of drug-likeness (QED) is 0.853. The standard InChI is InChI=1S/C13H18N2O2/c1-9-5-4-8-15(10(9)2)12-11(13(16)17)6-3-7-14-12/h3,6-7,9-10H,4-5,8H2,1-2H3,(H,16,17). The number of pyridine rings is 1. The molecule has 92 valence electrons. The first-order valence-corrected chi connectivity index (χ1v) is 6.06. The van der Waals surface area contributed by atoms with Gasteiger partial charge in [0.15, 0.2) is 0 Å². The molecule has 2 unspecified atom stereocenters. The van der Waals surface area contributed by atoms with Gasteiger partial charge in [-0.3, -0.25) is 0 Å². The number of piperidine rings is 1. The Morgan fingerprint density at radius 1 is 1.53 bits per heavy atom. The van der Waals surface area contributed by atoms with Crippen LogP contribution < -0.4 is 4.90 Å². The molecule has 1 N–H and O–H groups in total. The van der Waals surface area contributed by atoms with E-state index in [2.05, 4.69) is 23.7 Å². The van der Waals surface area contributed by atoms with Crippen LogP contribution >= 0.6 is 0 Å². The van der Waals surface area contributed by atoms with E-state index in [-0.39, 0.29) is 0 Å². The number of carbonyl (C=O) groups is 1. The molecule has 2 heterocycles. The van der Waals surface area contributed by atoms with Gasteiger partial charge in [0.2, 0.25) is 0 Å². The van der Waals surface area contributed by atoms with Crippen molar-refractivity contribution in [2.75, 3.05) is 11.4 Å². The average Bonchev–Trinajstić information content (AvgIpc) is 2.33. The fourth-order valence-electron chi connectivity index (χ4n) is 2.43. The van der Waals surface area contributed by atoms with Crippen LogP contribution in [0, 0.1) is 5.92 Å². The number of aromatic nitrogens is 1. The van der Waals surface area contributed by atoms with Crippen LogP contribution in [0.4, 0.5) is 5.82 Å². The maximum Gasteiger partial charge on any atom is 0.339 e. The van der Waals surface area contributed by atoms with Crippen LogP contribution in [0.5, 0.6) is 0 Å². The first kappa shape index (κ1) is 11.9. The van der Waals surface area contributed by atoms with Gasteiger partial charge in [0, 0.05) is 18.8 Å². The summed E-state index contributed by atoms with van der Waals surface area (Å²) in [7, 11) is 0. The summed E-state index contributed by atoms with van der Waals surface area (Å²) < 4.78 is 0.